The topological polar surface area (TPSA) is 68.5 Å². The molecule has 7 heteroatoms. The predicted octanol–water partition coefficient (Wildman–Crippen LogP) is 5.11. The molecule has 0 spiro atoms. The third-order valence-corrected chi connectivity index (χ3v) is 5.58. The molecule has 0 saturated heterocycles. The Morgan fingerprint density at radius 1 is 0.966 bits per heavy atom. The van der Waals surface area contributed by atoms with Crippen molar-refractivity contribution < 1.29 is 0 Å². The highest BCUT2D eigenvalue weighted by Gasteiger charge is 2.11. The molecular formula is C22H18N6S. The zero-order chi connectivity index (χ0) is 19.6. The summed E-state index contributed by atoms with van der Waals surface area (Å²) >= 11 is 1.62. The summed E-state index contributed by atoms with van der Waals surface area (Å²) in [6, 6.07) is 18.4. The van der Waals surface area contributed by atoms with E-state index in [2.05, 4.69) is 57.5 Å². The lowest BCUT2D eigenvalue weighted by Gasteiger charge is -2.14. The first-order valence-electron chi connectivity index (χ1n) is 9.30. The highest BCUT2D eigenvalue weighted by Crippen LogP contribution is 2.26. The molecule has 6 nitrogen and oxygen atoms in total. The van der Waals surface area contributed by atoms with Crippen molar-refractivity contribution in [3.05, 3.63) is 84.3 Å². The minimum Gasteiger partial charge on any atom is -0.348 e. The molecule has 29 heavy (non-hydrogen) atoms. The number of nitrogens with zero attached hydrogens (tertiary/aromatic N) is 5. The Kier molecular flexibility index (Phi) is 4.50. The molecule has 0 radical (unpaired) electrons. The van der Waals surface area contributed by atoms with Crippen molar-refractivity contribution in [3.63, 3.8) is 0 Å². The van der Waals surface area contributed by atoms with E-state index in [1.165, 1.54) is 5.56 Å². The van der Waals surface area contributed by atoms with Crippen LogP contribution in [0, 0.1) is 0 Å². The van der Waals surface area contributed by atoms with E-state index in [1.54, 1.807) is 23.9 Å². The first kappa shape index (κ1) is 17.5. The molecule has 0 unspecified atom stereocenters. The molecule has 0 aliphatic heterocycles. The summed E-state index contributed by atoms with van der Waals surface area (Å²) < 4.78 is 1.97. The Hall–Kier alpha value is -3.58. The molecule has 0 bridgehead atoms. The molecule has 5 aromatic rings. The van der Waals surface area contributed by atoms with Crippen LogP contribution in [-0.4, -0.2) is 24.5 Å². The SMILES string of the molecule is C[C@H](Nc1nccc(-n2cnc3cc(-c4nccs4)ccc32)n1)c1ccccc1. The number of imidazole rings is 1. The number of aromatic nitrogens is 5. The molecule has 3 heterocycles. The van der Waals surface area contributed by atoms with Crippen molar-refractivity contribution in [3.8, 4) is 16.4 Å². The highest BCUT2D eigenvalue weighted by molar-refractivity contribution is 7.13. The van der Waals surface area contributed by atoms with Gasteiger partial charge in [0.15, 0.2) is 0 Å². The minimum absolute atomic E-state index is 0.104. The van der Waals surface area contributed by atoms with E-state index in [1.807, 2.05) is 40.4 Å². The van der Waals surface area contributed by atoms with Gasteiger partial charge in [-0.25, -0.2) is 15.0 Å². The number of thiazole rings is 1. The Balaban J connectivity index is 1.45. The summed E-state index contributed by atoms with van der Waals surface area (Å²) in [7, 11) is 0. The van der Waals surface area contributed by atoms with Crippen LogP contribution in [-0.2, 0) is 0 Å². The lowest BCUT2D eigenvalue weighted by Crippen LogP contribution is -2.10. The molecule has 2 aromatic carbocycles. The summed E-state index contributed by atoms with van der Waals surface area (Å²) in [5.41, 5.74) is 4.15. The Bertz CT molecular complexity index is 1250. The van der Waals surface area contributed by atoms with Gasteiger partial charge in [-0.1, -0.05) is 30.3 Å². The zero-order valence-electron chi connectivity index (χ0n) is 15.7. The van der Waals surface area contributed by atoms with E-state index in [9.17, 15) is 0 Å². The molecule has 3 aromatic heterocycles. The van der Waals surface area contributed by atoms with Crippen molar-refractivity contribution in [2.75, 3.05) is 5.32 Å². The molecule has 1 N–H and O–H groups in total. The number of benzene rings is 2. The van der Waals surface area contributed by atoms with Gasteiger partial charge in [-0.05, 0) is 36.8 Å². The number of nitrogens with one attached hydrogen (secondary N) is 1. The predicted molar refractivity (Wildman–Crippen MR) is 116 cm³/mol. The van der Waals surface area contributed by atoms with E-state index in [0.29, 0.717) is 5.95 Å². The lowest BCUT2D eigenvalue weighted by atomic mass is 10.1. The monoisotopic (exact) mass is 398 g/mol. The number of rotatable bonds is 5. The Labute approximate surface area is 172 Å². The minimum atomic E-state index is 0.104. The second-order valence-electron chi connectivity index (χ2n) is 6.67. The van der Waals surface area contributed by atoms with Gasteiger partial charge >= 0.3 is 0 Å². The van der Waals surface area contributed by atoms with Gasteiger partial charge in [-0.15, -0.1) is 11.3 Å². The van der Waals surface area contributed by atoms with Gasteiger partial charge in [0.05, 0.1) is 17.1 Å². The highest BCUT2D eigenvalue weighted by atomic mass is 32.1. The number of hydrogen-bond acceptors (Lipinski definition) is 6. The van der Waals surface area contributed by atoms with E-state index < -0.39 is 0 Å². The van der Waals surface area contributed by atoms with Crippen molar-refractivity contribution in [1.82, 2.24) is 24.5 Å². The maximum absolute atomic E-state index is 4.69. The van der Waals surface area contributed by atoms with Crippen LogP contribution in [0.25, 0.3) is 27.4 Å². The van der Waals surface area contributed by atoms with Crippen LogP contribution in [0.3, 0.4) is 0 Å². The normalized spacial score (nSPS) is 12.2. The van der Waals surface area contributed by atoms with Crippen molar-refractivity contribution in [2.24, 2.45) is 0 Å². The van der Waals surface area contributed by atoms with Gasteiger partial charge in [-0.3, -0.25) is 4.57 Å². The van der Waals surface area contributed by atoms with Crippen molar-refractivity contribution in [1.29, 1.82) is 0 Å². The van der Waals surface area contributed by atoms with Gasteiger partial charge in [0.2, 0.25) is 5.95 Å². The lowest BCUT2D eigenvalue weighted by molar-refractivity contribution is 0.854. The Morgan fingerprint density at radius 2 is 1.86 bits per heavy atom. The van der Waals surface area contributed by atoms with E-state index in [-0.39, 0.29) is 6.04 Å². The fourth-order valence-corrected chi connectivity index (χ4v) is 3.90. The molecule has 1 atom stereocenters. The maximum Gasteiger partial charge on any atom is 0.225 e. The summed E-state index contributed by atoms with van der Waals surface area (Å²) in [5.74, 6) is 1.35. The standard InChI is InChI=1S/C22H18N6S/c1-15(16-5-3-2-4-6-16)26-22-24-10-9-20(27-22)28-14-25-18-13-17(7-8-19(18)28)21-23-11-12-29-21/h2-15H,1H3,(H,24,26,27)/t15-/m0/s1. The van der Waals surface area contributed by atoms with Crippen LogP contribution in [0.2, 0.25) is 0 Å². The van der Waals surface area contributed by atoms with E-state index >= 15 is 0 Å². The molecule has 0 amide bonds. The average molecular weight is 398 g/mol. The molecule has 0 aliphatic carbocycles. The van der Waals surface area contributed by atoms with Gasteiger partial charge in [0.1, 0.15) is 17.2 Å². The van der Waals surface area contributed by atoms with Crippen molar-refractivity contribution in [2.45, 2.75) is 13.0 Å². The summed E-state index contributed by atoms with van der Waals surface area (Å²) in [4.78, 5) is 18.0. The fourth-order valence-electron chi connectivity index (χ4n) is 3.27. The second-order valence-corrected chi connectivity index (χ2v) is 7.57. The average Bonchev–Trinajstić information content (AvgIpc) is 3.44. The van der Waals surface area contributed by atoms with Gasteiger partial charge in [0, 0.05) is 23.3 Å². The quantitative estimate of drug-likeness (QED) is 0.445. The van der Waals surface area contributed by atoms with Crippen LogP contribution in [0.1, 0.15) is 18.5 Å². The number of fused-ring (bicyclic) bond motifs is 1. The fraction of sp³-hybridized carbons (Fsp3) is 0.0909. The van der Waals surface area contributed by atoms with Crippen LogP contribution in [0.15, 0.2) is 78.7 Å². The molecule has 5 rings (SSSR count). The summed E-state index contributed by atoms with van der Waals surface area (Å²) in [6.45, 7) is 2.10. The Morgan fingerprint density at radius 3 is 2.69 bits per heavy atom. The number of anilines is 1. The molecule has 0 aliphatic rings. The first-order valence-corrected chi connectivity index (χ1v) is 10.2. The van der Waals surface area contributed by atoms with Gasteiger partial charge in [-0.2, -0.15) is 4.98 Å². The molecular weight excluding hydrogens is 380 g/mol. The van der Waals surface area contributed by atoms with E-state index in [0.717, 1.165) is 27.4 Å². The largest absolute Gasteiger partial charge is 0.348 e. The van der Waals surface area contributed by atoms with Gasteiger partial charge < -0.3 is 5.32 Å². The maximum atomic E-state index is 4.69. The third-order valence-electron chi connectivity index (χ3n) is 4.76. The molecule has 142 valence electrons. The first-order chi connectivity index (χ1) is 14.3. The number of hydrogen-bond donors (Lipinski definition) is 1. The van der Waals surface area contributed by atoms with Crippen LogP contribution < -0.4 is 5.32 Å². The summed E-state index contributed by atoms with van der Waals surface area (Å²) in [5, 5.41) is 6.34. The molecule has 0 saturated carbocycles. The van der Waals surface area contributed by atoms with Crippen LogP contribution in [0.4, 0.5) is 5.95 Å². The van der Waals surface area contributed by atoms with E-state index in [4.69, 9.17) is 4.98 Å². The van der Waals surface area contributed by atoms with Gasteiger partial charge in [0.25, 0.3) is 0 Å². The second kappa shape index (κ2) is 7.44. The van der Waals surface area contributed by atoms with Crippen molar-refractivity contribution >= 4 is 28.3 Å². The van der Waals surface area contributed by atoms with Crippen LogP contribution in [0.5, 0.6) is 0 Å². The third kappa shape index (κ3) is 3.48. The van der Waals surface area contributed by atoms with Crippen LogP contribution >= 0.6 is 11.3 Å². The summed E-state index contributed by atoms with van der Waals surface area (Å²) in [6.07, 6.45) is 5.37. The smallest absolute Gasteiger partial charge is 0.225 e. The zero-order valence-corrected chi connectivity index (χ0v) is 16.5. The molecule has 0 fully saturated rings.